The molecule has 2 aromatic heterocycles. The number of aromatic nitrogens is 3. The second kappa shape index (κ2) is 8.34. The van der Waals surface area contributed by atoms with Gasteiger partial charge in [0.25, 0.3) is 0 Å². The monoisotopic (exact) mass is 361 g/mol. The van der Waals surface area contributed by atoms with Gasteiger partial charge in [0, 0.05) is 36.1 Å². The normalized spacial score (nSPS) is 10.0. The molecule has 1 aromatic carbocycles. The van der Waals surface area contributed by atoms with Crippen LogP contribution in [-0.4, -0.2) is 35.7 Å². The fourth-order valence-electron chi connectivity index (χ4n) is 2.38. The fourth-order valence-corrected chi connectivity index (χ4v) is 2.38. The van der Waals surface area contributed by atoms with Crippen molar-refractivity contribution in [3.8, 4) is 11.5 Å². The second-order valence-corrected chi connectivity index (χ2v) is 5.01. The maximum Gasteiger partial charge on any atom is 0.229 e. The predicted octanol–water partition coefficient (Wildman–Crippen LogP) is 3.64. The van der Waals surface area contributed by atoms with Crippen molar-refractivity contribution in [1.82, 2.24) is 15.0 Å². The van der Waals surface area contributed by atoms with Gasteiger partial charge in [0.1, 0.15) is 5.82 Å². The Morgan fingerprint density at radius 2 is 1.68 bits per heavy atom. The Balaban J connectivity index is 0.00000225. The van der Waals surface area contributed by atoms with E-state index in [4.69, 9.17) is 9.47 Å². The van der Waals surface area contributed by atoms with Gasteiger partial charge in [-0.3, -0.25) is 4.98 Å². The molecule has 2 N–H and O–H groups in total. The van der Waals surface area contributed by atoms with Crippen molar-refractivity contribution >= 4 is 40.8 Å². The van der Waals surface area contributed by atoms with Crippen LogP contribution < -0.4 is 20.1 Å². The third-order valence-corrected chi connectivity index (χ3v) is 3.48. The minimum Gasteiger partial charge on any atom is -0.493 e. The number of hydrogen-bond acceptors (Lipinski definition) is 7. The van der Waals surface area contributed by atoms with Crippen LogP contribution in [0, 0.1) is 0 Å². The highest BCUT2D eigenvalue weighted by Crippen LogP contribution is 2.34. The van der Waals surface area contributed by atoms with Crippen LogP contribution in [0.1, 0.15) is 6.92 Å². The minimum atomic E-state index is 0. The van der Waals surface area contributed by atoms with Gasteiger partial charge in [0.15, 0.2) is 11.5 Å². The Kier molecular flexibility index (Phi) is 6.19. The number of benzene rings is 1. The molecule has 0 saturated heterocycles. The number of rotatable bonds is 6. The summed E-state index contributed by atoms with van der Waals surface area (Å²) in [6, 6.07) is 7.43. The maximum absolute atomic E-state index is 5.37. The summed E-state index contributed by atoms with van der Waals surface area (Å²) < 4.78 is 10.7. The summed E-state index contributed by atoms with van der Waals surface area (Å²) in [5, 5.41) is 7.32. The van der Waals surface area contributed by atoms with E-state index in [0.717, 1.165) is 29.0 Å². The number of anilines is 3. The quantitative estimate of drug-likeness (QED) is 0.693. The van der Waals surface area contributed by atoms with E-state index in [1.807, 2.05) is 31.2 Å². The lowest BCUT2D eigenvalue weighted by Crippen LogP contribution is -2.05. The van der Waals surface area contributed by atoms with E-state index in [1.165, 1.54) is 0 Å². The number of ether oxygens (including phenoxy) is 2. The second-order valence-electron chi connectivity index (χ2n) is 5.01. The van der Waals surface area contributed by atoms with Gasteiger partial charge < -0.3 is 20.1 Å². The van der Waals surface area contributed by atoms with E-state index in [2.05, 4.69) is 25.6 Å². The molecule has 2 heterocycles. The molecule has 0 amide bonds. The first-order valence-electron chi connectivity index (χ1n) is 7.59. The number of methoxy groups -OCH3 is 2. The Morgan fingerprint density at radius 1 is 1.00 bits per heavy atom. The van der Waals surface area contributed by atoms with Crippen LogP contribution in [0.15, 0.2) is 36.7 Å². The highest BCUT2D eigenvalue weighted by molar-refractivity contribution is 5.93. The Bertz CT molecular complexity index is 845. The molecule has 0 radical (unpaired) electrons. The molecule has 25 heavy (non-hydrogen) atoms. The molecule has 3 aromatic rings. The van der Waals surface area contributed by atoms with Crippen molar-refractivity contribution in [2.45, 2.75) is 6.92 Å². The van der Waals surface area contributed by atoms with Crippen molar-refractivity contribution in [2.24, 2.45) is 0 Å². The summed E-state index contributed by atoms with van der Waals surface area (Å²) in [6.07, 6.45) is 3.42. The van der Waals surface area contributed by atoms with Crippen LogP contribution in [-0.2, 0) is 0 Å². The van der Waals surface area contributed by atoms with Crippen molar-refractivity contribution in [3.63, 3.8) is 0 Å². The van der Waals surface area contributed by atoms with Crippen LogP contribution in [0.4, 0.5) is 17.5 Å². The van der Waals surface area contributed by atoms with Gasteiger partial charge in [0.05, 0.1) is 19.7 Å². The first kappa shape index (κ1) is 18.5. The van der Waals surface area contributed by atoms with E-state index in [1.54, 1.807) is 26.6 Å². The van der Waals surface area contributed by atoms with Gasteiger partial charge in [-0.15, -0.1) is 12.4 Å². The van der Waals surface area contributed by atoms with E-state index in [0.29, 0.717) is 17.4 Å². The predicted molar refractivity (Wildman–Crippen MR) is 102 cm³/mol. The summed E-state index contributed by atoms with van der Waals surface area (Å²) in [7, 11) is 3.21. The van der Waals surface area contributed by atoms with Crippen LogP contribution in [0.2, 0.25) is 0 Å². The first-order valence-corrected chi connectivity index (χ1v) is 7.59. The molecule has 132 valence electrons. The van der Waals surface area contributed by atoms with Gasteiger partial charge in [-0.05, 0) is 25.1 Å². The molecule has 0 saturated carbocycles. The Labute approximate surface area is 152 Å². The summed E-state index contributed by atoms with van der Waals surface area (Å²) in [5.41, 5.74) is 1.63. The number of pyridine rings is 1. The maximum atomic E-state index is 5.37. The zero-order valence-electron chi connectivity index (χ0n) is 14.2. The number of hydrogen-bond donors (Lipinski definition) is 2. The molecule has 3 rings (SSSR count). The molecule has 0 bridgehead atoms. The molecule has 0 atom stereocenters. The molecule has 7 nitrogen and oxygen atoms in total. The lowest BCUT2D eigenvalue weighted by molar-refractivity contribution is 0.356. The highest BCUT2D eigenvalue weighted by Gasteiger charge is 2.13. The van der Waals surface area contributed by atoms with E-state index in [-0.39, 0.29) is 12.4 Å². The Hall–Kier alpha value is -2.80. The zero-order valence-corrected chi connectivity index (χ0v) is 15.1. The average molecular weight is 362 g/mol. The fraction of sp³-hybridized carbons (Fsp3) is 0.235. The Morgan fingerprint density at radius 3 is 2.32 bits per heavy atom. The minimum absolute atomic E-state index is 0. The summed E-state index contributed by atoms with van der Waals surface area (Å²) in [4.78, 5) is 13.1. The molecule has 8 heteroatoms. The summed E-state index contributed by atoms with van der Waals surface area (Å²) >= 11 is 0. The smallest absolute Gasteiger partial charge is 0.229 e. The molecular weight excluding hydrogens is 342 g/mol. The number of halogens is 1. The SMILES string of the molecule is CCNc1nc(Nc2ccncc2)nc2cc(OC)c(OC)cc12.Cl. The number of fused-ring (bicyclic) bond motifs is 1. The standard InChI is InChI=1S/C17H19N5O2.ClH/c1-4-19-16-12-9-14(23-2)15(24-3)10-13(12)21-17(22-16)20-11-5-7-18-8-6-11;/h5-10H,4H2,1-3H3,(H2,18,19,20,21,22);1H. The highest BCUT2D eigenvalue weighted by atomic mass is 35.5. The van der Waals surface area contributed by atoms with Crippen molar-refractivity contribution in [1.29, 1.82) is 0 Å². The molecule has 0 spiro atoms. The molecular formula is C17H20ClN5O2. The van der Waals surface area contributed by atoms with Gasteiger partial charge in [-0.1, -0.05) is 0 Å². The molecule has 0 aliphatic carbocycles. The number of nitrogens with one attached hydrogen (secondary N) is 2. The zero-order chi connectivity index (χ0) is 16.9. The molecule has 0 aliphatic rings. The largest absolute Gasteiger partial charge is 0.493 e. The van der Waals surface area contributed by atoms with Crippen molar-refractivity contribution in [2.75, 3.05) is 31.4 Å². The van der Waals surface area contributed by atoms with E-state index < -0.39 is 0 Å². The van der Waals surface area contributed by atoms with Crippen molar-refractivity contribution < 1.29 is 9.47 Å². The average Bonchev–Trinajstić information content (AvgIpc) is 2.61. The van der Waals surface area contributed by atoms with Crippen LogP contribution in [0.25, 0.3) is 10.9 Å². The van der Waals surface area contributed by atoms with E-state index >= 15 is 0 Å². The van der Waals surface area contributed by atoms with Gasteiger partial charge in [-0.25, -0.2) is 4.98 Å². The van der Waals surface area contributed by atoms with Crippen molar-refractivity contribution in [3.05, 3.63) is 36.7 Å². The van der Waals surface area contributed by atoms with Gasteiger partial charge in [-0.2, -0.15) is 4.98 Å². The third kappa shape index (κ3) is 4.00. The third-order valence-electron chi connectivity index (χ3n) is 3.48. The van der Waals surface area contributed by atoms with Gasteiger partial charge >= 0.3 is 0 Å². The molecule has 0 fully saturated rings. The summed E-state index contributed by atoms with van der Waals surface area (Å²) in [5.74, 6) is 2.50. The van der Waals surface area contributed by atoms with Gasteiger partial charge in [0.2, 0.25) is 5.95 Å². The molecule has 0 unspecified atom stereocenters. The topological polar surface area (TPSA) is 81.2 Å². The van der Waals surface area contributed by atoms with Crippen LogP contribution in [0.3, 0.4) is 0 Å². The molecule has 0 aliphatic heterocycles. The van der Waals surface area contributed by atoms with Crippen LogP contribution in [0.5, 0.6) is 11.5 Å². The van der Waals surface area contributed by atoms with E-state index in [9.17, 15) is 0 Å². The lowest BCUT2D eigenvalue weighted by atomic mass is 10.2. The summed E-state index contributed by atoms with van der Waals surface area (Å²) in [6.45, 7) is 2.76. The van der Waals surface area contributed by atoms with Crippen LogP contribution >= 0.6 is 12.4 Å². The lowest BCUT2D eigenvalue weighted by Gasteiger charge is -2.13. The number of nitrogens with zero attached hydrogens (tertiary/aromatic N) is 3. The first-order chi connectivity index (χ1) is 11.7.